The van der Waals surface area contributed by atoms with Gasteiger partial charge >= 0.3 is 0 Å². The molecule has 1 aliphatic carbocycles. The summed E-state index contributed by atoms with van der Waals surface area (Å²) < 4.78 is 40.8. The molecule has 2 aliphatic rings. The molecule has 1 N–H and O–H groups in total. The van der Waals surface area contributed by atoms with Crippen LogP contribution in [0.5, 0.6) is 0 Å². The standard InChI is InChI=1S/C14H13F3N2O2/c1-6-13(20)18-11(7-2-3-7)14(21)19(6)12-9(16)4-8(15)5-10(12)17/h4-7,11H,2-3H2,1H3,(H,18,20). The first kappa shape index (κ1) is 13.9. The van der Waals surface area contributed by atoms with Crippen LogP contribution in [-0.4, -0.2) is 23.9 Å². The van der Waals surface area contributed by atoms with Gasteiger partial charge in [0.2, 0.25) is 5.91 Å². The average molecular weight is 298 g/mol. The second-order valence-electron chi connectivity index (χ2n) is 5.43. The van der Waals surface area contributed by atoms with Crippen LogP contribution in [0, 0.1) is 23.4 Å². The molecule has 1 aromatic carbocycles. The number of halogens is 3. The van der Waals surface area contributed by atoms with Gasteiger partial charge in [0, 0.05) is 12.1 Å². The number of carbonyl (C=O) groups is 2. The fourth-order valence-corrected chi connectivity index (χ4v) is 2.61. The zero-order valence-electron chi connectivity index (χ0n) is 11.2. The van der Waals surface area contributed by atoms with Gasteiger partial charge in [0.15, 0.2) is 11.6 Å². The molecule has 0 radical (unpaired) electrons. The Kier molecular flexibility index (Phi) is 3.15. The topological polar surface area (TPSA) is 49.4 Å². The van der Waals surface area contributed by atoms with Gasteiger partial charge in [0.05, 0.1) is 0 Å². The number of benzene rings is 1. The summed E-state index contributed by atoms with van der Waals surface area (Å²) in [5.41, 5.74) is -0.672. The minimum atomic E-state index is -1.20. The van der Waals surface area contributed by atoms with Gasteiger partial charge in [-0.25, -0.2) is 13.2 Å². The lowest BCUT2D eigenvalue weighted by atomic mass is 10.0. The maximum absolute atomic E-state index is 13.9. The number of nitrogens with zero attached hydrogens (tertiary/aromatic N) is 1. The van der Waals surface area contributed by atoms with E-state index >= 15 is 0 Å². The van der Waals surface area contributed by atoms with Crippen molar-refractivity contribution in [1.82, 2.24) is 5.32 Å². The van der Waals surface area contributed by atoms with Crippen molar-refractivity contribution in [3.8, 4) is 0 Å². The maximum Gasteiger partial charge on any atom is 0.250 e. The Morgan fingerprint density at radius 2 is 1.71 bits per heavy atom. The summed E-state index contributed by atoms with van der Waals surface area (Å²) in [5, 5.41) is 2.58. The average Bonchev–Trinajstić information content (AvgIpc) is 3.21. The lowest BCUT2D eigenvalue weighted by Crippen LogP contribution is -2.63. The van der Waals surface area contributed by atoms with Crippen LogP contribution in [0.1, 0.15) is 19.8 Å². The van der Waals surface area contributed by atoms with Gasteiger partial charge in [-0.3, -0.25) is 14.5 Å². The molecule has 21 heavy (non-hydrogen) atoms. The quantitative estimate of drug-likeness (QED) is 0.904. The van der Waals surface area contributed by atoms with E-state index in [1.54, 1.807) is 0 Å². The molecule has 0 bridgehead atoms. The van der Waals surface area contributed by atoms with Crippen molar-refractivity contribution in [1.29, 1.82) is 0 Å². The summed E-state index contributed by atoms with van der Waals surface area (Å²) in [6.07, 6.45) is 1.57. The summed E-state index contributed by atoms with van der Waals surface area (Å²) >= 11 is 0. The highest BCUT2D eigenvalue weighted by Gasteiger charge is 2.47. The molecule has 2 amide bonds. The van der Waals surface area contributed by atoms with Crippen LogP contribution in [0.15, 0.2) is 12.1 Å². The summed E-state index contributed by atoms with van der Waals surface area (Å²) in [5.74, 6) is -4.50. The van der Waals surface area contributed by atoms with Gasteiger partial charge in [-0.15, -0.1) is 0 Å². The Morgan fingerprint density at radius 1 is 1.14 bits per heavy atom. The molecule has 1 saturated carbocycles. The summed E-state index contributed by atoms with van der Waals surface area (Å²) in [6, 6.07) is -0.826. The van der Waals surface area contributed by atoms with Crippen molar-refractivity contribution in [2.45, 2.75) is 31.8 Å². The second-order valence-corrected chi connectivity index (χ2v) is 5.43. The molecular formula is C14H13F3N2O2. The number of nitrogens with one attached hydrogen (secondary N) is 1. The van der Waals surface area contributed by atoms with Gasteiger partial charge in [0.25, 0.3) is 5.91 Å². The molecule has 1 aliphatic heterocycles. The SMILES string of the molecule is CC1C(=O)NC(C2CC2)C(=O)N1c1c(F)cc(F)cc1F. The maximum atomic E-state index is 13.9. The van der Waals surface area contributed by atoms with Crippen molar-refractivity contribution in [2.24, 2.45) is 5.92 Å². The Hall–Kier alpha value is -2.05. The van der Waals surface area contributed by atoms with E-state index < -0.39 is 47.0 Å². The van der Waals surface area contributed by atoms with E-state index in [-0.39, 0.29) is 5.92 Å². The van der Waals surface area contributed by atoms with E-state index in [0.717, 1.165) is 17.7 Å². The zero-order chi connectivity index (χ0) is 15.3. The van der Waals surface area contributed by atoms with Crippen molar-refractivity contribution >= 4 is 17.5 Å². The number of anilines is 1. The summed E-state index contributed by atoms with van der Waals surface area (Å²) in [6.45, 7) is 1.37. The Balaban J connectivity index is 2.06. The van der Waals surface area contributed by atoms with Crippen molar-refractivity contribution in [3.05, 3.63) is 29.6 Å². The van der Waals surface area contributed by atoms with Crippen molar-refractivity contribution in [2.75, 3.05) is 4.90 Å². The van der Waals surface area contributed by atoms with Gasteiger partial charge in [0.1, 0.15) is 23.6 Å². The van der Waals surface area contributed by atoms with Crippen molar-refractivity contribution < 1.29 is 22.8 Å². The molecule has 0 aromatic heterocycles. The minimum Gasteiger partial charge on any atom is -0.342 e. The fourth-order valence-electron chi connectivity index (χ4n) is 2.61. The highest BCUT2D eigenvalue weighted by atomic mass is 19.1. The van der Waals surface area contributed by atoms with Crippen LogP contribution in [0.3, 0.4) is 0 Å². The van der Waals surface area contributed by atoms with Crippen LogP contribution in [0.25, 0.3) is 0 Å². The predicted octanol–water partition coefficient (Wildman–Crippen LogP) is 1.73. The smallest absolute Gasteiger partial charge is 0.250 e. The first-order valence-corrected chi connectivity index (χ1v) is 6.68. The van der Waals surface area contributed by atoms with Crippen LogP contribution in [-0.2, 0) is 9.59 Å². The third kappa shape index (κ3) is 2.26. The fraction of sp³-hybridized carbons (Fsp3) is 0.429. The molecule has 1 saturated heterocycles. The molecule has 2 unspecified atom stereocenters. The third-order valence-corrected chi connectivity index (χ3v) is 3.88. The molecule has 1 heterocycles. The van der Waals surface area contributed by atoms with Crippen LogP contribution in [0.4, 0.5) is 18.9 Å². The molecule has 112 valence electrons. The molecule has 2 atom stereocenters. The number of rotatable bonds is 2. The molecular weight excluding hydrogens is 285 g/mol. The summed E-state index contributed by atoms with van der Waals surface area (Å²) in [7, 11) is 0. The van der Waals surface area contributed by atoms with Crippen LogP contribution in [0.2, 0.25) is 0 Å². The minimum absolute atomic E-state index is 0.00280. The van der Waals surface area contributed by atoms with E-state index in [1.165, 1.54) is 6.92 Å². The number of hydrogen-bond donors (Lipinski definition) is 1. The third-order valence-electron chi connectivity index (χ3n) is 3.88. The molecule has 7 heteroatoms. The van der Waals surface area contributed by atoms with Crippen LogP contribution < -0.4 is 10.2 Å². The predicted molar refractivity (Wildman–Crippen MR) is 67.9 cm³/mol. The number of piperazine rings is 1. The van der Waals surface area contributed by atoms with Crippen molar-refractivity contribution in [3.63, 3.8) is 0 Å². The van der Waals surface area contributed by atoms with Gasteiger partial charge < -0.3 is 5.32 Å². The van der Waals surface area contributed by atoms with E-state index in [2.05, 4.69) is 5.32 Å². The highest BCUT2D eigenvalue weighted by molar-refractivity contribution is 6.08. The number of amides is 2. The summed E-state index contributed by atoms with van der Waals surface area (Å²) in [4.78, 5) is 25.2. The molecule has 3 rings (SSSR count). The Bertz CT molecular complexity index is 608. The van der Waals surface area contributed by atoms with E-state index in [9.17, 15) is 22.8 Å². The highest BCUT2D eigenvalue weighted by Crippen LogP contribution is 2.37. The zero-order valence-corrected chi connectivity index (χ0v) is 11.2. The molecule has 2 fully saturated rings. The lowest BCUT2D eigenvalue weighted by Gasteiger charge is -2.37. The monoisotopic (exact) mass is 298 g/mol. The van der Waals surface area contributed by atoms with E-state index in [4.69, 9.17) is 0 Å². The van der Waals surface area contributed by atoms with Gasteiger partial charge in [-0.1, -0.05) is 0 Å². The number of carbonyl (C=O) groups excluding carboxylic acids is 2. The molecule has 1 aromatic rings. The van der Waals surface area contributed by atoms with Gasteiger partial charge in [-0.2, -0.15) is 0 Å². The van der Waals surface area contributed by atoms with Crippen LogP contribution >= 0.6 is 0 Å². The number of hydrogen-bond acceptors (Lipinski definition) is 2. The molecule has 4 nitrogen and oxygen atoms in total. The molecule has 0 spiro atoms. The Labute approximate surface area is 118 Å². The van der Waals surface area contributed by atoms with E-state index in [0.29, 0.717) is 12.1 Å². The first-order valence-electron chi connectivity index (χ1n) is 6.68. The Morgan fingerprint density at radius 3 is 2.24 bits per heavy atom. The second kappa shape index (κ2) is 4.75. The van der Waals surface area contributed by atoms with Gasteiger partial charge in [-0.05, 0) is 25.7 Å². The largest absolute Gasteiger partial charge is 0.342 e. The first-order chi connectivity index (χ1) is 9.90. The normalized spacial score (nSPS) is 26.0. The lowest BCUT2D eigenvalue weighted by molar-refractivity contribution is -0.134. The van der Waals surface area contributed by atoms with E-state index in [1.807, 2.05) is 0 Å².